The lowest BCUT2D eigenvalue weighted by Crippen LogP contribution is -2.05. The molecule has 1 atom stereocenters. The zero-order valence-electron chi connectivity index (χ0n) is 18.4. The molecule has 1 aromatic rings. The van der Waals surface area contributed by atoms with Crippen molar-refractivity contribution in [2.75, 3.05) is 0 Å². The lowest BCUT2D eigenvalue weighted by Gasteiger charge is -2.23. The molecule has 0 bridgehead atoms. The van der Waals surface area contributed by atoms with Crippen LogP contribution in [-0.2, 0) is 0 Å². The molecule has 0 spiro atoms. The molecule has 0 heteroatoms. The van der Waals surface area contributed by atoms with E-state index in [1.165, 1.54) is 45.4 Å². The molecule has 0 fully saturated rings. The van der Waals surface area contributed by atoms with E-state index in [9.17, 15) is 0 Å². The van der Waals surface area contributed by atoms with Crippen LogP contribution in [0.1, 0.15) is 70.2 Å². The molecule has 0 nitrogen and oxygen atoms in total. The van der Waals surface area contributed by atoms with Gasteiger partial charge >= 0.3 is 0 Å². The van der Waals surface area contributed by atoms with Crippen LogP contribution in [0.3, 0.4) is 0 Å². The monoisotopic (exact) mass is 350 g/mol. The third-order valence-corrected chi connectivity index (χ3v) is 5.28. The summed E-state index contributed by atoms with van der Waals surface area (Å²) in [6.45, 7) is 20.1. The molecule has 0 aliphatic carbocycles. The summed E-state index contributed by atoms with van der Waals surface area (Å²) in [5.41, 5.74) is 9.64. The predicted molar refractivity (Wildman–Crippen MR) is 120 cm³/mol. The van der Waals surface area contributed by atoms with E-state index in [4.69, 9.17) is 0 Å². The molecular formula is C26H38. The third-order valence-electron chi connectivity index (χ3n) is 5.28. The largest absolute Gasteiger partial charge is 0.0874 e. The fourth-order valence-corrected chi connectivity index (χ4v) is 3.29. The third kappa shape index (κ3) is 5.59. The van der Waals surface area contributed by atoms with Crippen LogP contribution >= 0.6 is 0 Å². The number of allylic oxidation sites excluding steroid dienone is 8. The number of hydrogen-bond acceptors (Lipinski definition) is 0. The number of aryl methyl sites for hydroxylation is 2. The molecule has 0 aliphatic heterocycles. The highest BCUT2D eigenvalue weighted by molar-refractivity contribution is 5.86. The average Bonchev–Trinajstić information content (AvgIpc) is 2.59. The minimum atomic E-state index is 0.464. The molecule has 1 unspecified atom stereocenters. The summed E-state index contributed by atoms with van der Waals surface area (Å²) in [4.78, 5) is 0. The van der Waals surface area contributed by atoms with Gasteiger partial charge in [-0.05, 0) is 85.4 Å². The highest BCUT2D eigenvalue weighted by atomic mass is 14.2. The van der Waals surface area contributed by atoms with Crippen molar-refractivity contribution in [1.29, 1.82) is 0 Å². The van der Waals surface area contributed by atoms with Gasteiger partial charge in [0.1, 0.15) is 0 Å². The quantitative estimate of drug-likeness (QED) is 0.435. The first-order valence-electron chi connectivity index (χ1n) is 10.0. The Morgan fingerprint density at radius 1 is 1.04 bits per heavy atom. The van der Waals surface area contributed by atoms with Gasteiger partial charge in [-0.15, -0.1) is 0 Å². The Bertz CT molecular complexity index is 721. The SMILES string of the molecule is C\C=C/C(C)=C(\C(=C\C=C/C(C)CC)C(C)C)c1c(C)ccc(C)c1C. The highest BCUT2D eigenvalue weighted by Gasteiger charge is 2.18. The van der Waals surface area contributed by atoms with Gasteiger partial charge < -0.3 is 0 Å². The van der Waals surface area contributed by atoms with Crippen molar-refractivity contribution in [3.63, 3.8) is 0 Å². The summed E-state index contributed by atoms with van der Waals surface area (Å²) in [7, 11) is 0. The van der Waals surface area contributed by atoms with Crippen LogP contribution in [0.25, 0.3) is 5.57 Å². The summed E-state index contributed by atoms with van der Waals surface area (Å²) in [6.07, 6.45) is 12.5. The van der Waals surface area contributed by atoms with Gasteiger partial charge in [-0.25, -0.2) is 0 Å². The lowest BCUT2D eigenvalue weighted by molar-refractivity contribution is 0.698. The smallest absolute Gasteiger partial charge is 0.0115 e. The maximum absolute atomic E-state index is 2.33. The van der Waals surface area contributed by atoms with E-state index in [0.717, 1.165) is 0 Å². The van der Waals surface area contributed by atoms with Crippen molar-refractivity contribution in [2.24, 2.45) is 11.8 Å². The topological polar surface area (TPSA) is 0 Å². The molecule has 0 aliphatic rings. The molecule has 0 N–H and O–H groups in total. The zero-order valence-corrected chi connectivity index (χ0v) is 18.4. The minimum absolute atomic E-state index is 0.464. The minimum Gasteiger partial charge on any atom is -0.0874 e. The molecule has 1 rings (SSSR count). The molecule has 26 heavy (non-hydrogen) atoms. The normalized spacial score (nSPS) is 15.2. The first-order chi connectivity index (χ1) is 12.2. The average molecular weight is 351 g/mol. The first kappa shape index (κ1) is 22.2. The summed E-state index contributed by atoms with van der Waals surface area (Å²) in [6, 6.07) is 4.49. The van der Waals surface area contributed by atoms with E-state index >= 15 is 0 Å². The Morgan fingerprint density at radius 3 is 2.19 bits per heavy atom. The molecule has 0 saturated carbocycles. The van der Waals surface area contributed by atoms with Gasteiger partial charge in [-0.1, -0.05) is 76.6 Å². The Balaban J connectivity index is 3.71. The van der Waals surface area contributed by atoms with Gasteiger partial charge in [-0.2, -0.15) is 0 Å². The van der Waals surface area contributed by atoms with Gasteiger partial charge in [0, 0.05) is 0 Å². The maximum atomic E-state index is 2.33. The highest BCUT2D eigenvalue weighted by Crippen LogP contribution is 2.37. The van der Waals surface area contributed by atoms with Crippen molar-refractivity contribution >= 4 is 5.57 Å². The Hall–Kier alpha value is -1.82. The van der Waals surface area contributed by atoms with Crippen molar-refractivity contribution in [3.05, 3.63) is 75.9 Å². The molecule has 1 aromatic carbocycles. The van der Waals surface area contributed by atoms with E-state index in [2.05, 4.69) is 105 Å². The van der Waals surface area contributed by atoms with Crippen molar-refractivity contribution in [2.45, 2.75) is 68.7 Å². The Kier molecular flexibility index (Phi) is 8.85. The van der Waals surface area contributed by atoms with E-state index in [1.54, 1.807) is 0 Å². The fourth-order valence-electron chi connectivity index (χ4n) is 3.29. The van der Waals surface area contributed by atoms with Gasteiger partial charge in [0.2, 0.25) is 0 Å². The van der Waals surface area contributed by atoms with E-state index in [-0.39, 0.29) is 0 Å². The van der Waals surface area contributed by atoms with Crippen LogP contribution in [0.5, 0.6) is 0 Å². The second-order valence-corrected chi connectivity index (χ2v) is 7.80. The van der Waals surface area contributed by atoms with E-state index in [1.807, 2.05) is 0 Å². The molecule has 0 heterocycles. The second kappa shape index (κ2) is 10.4. The van der Waals surface area contributed by atoms with Crippen LogP contribution in [0.2, 0.25) is 0 Å². The summed E-state index contributed by atoms with van der Waals surface area (Å²) < 4.78 is 0. The van der Waals surface area contributed by atoms with Crippen LogP contribution < -0.4 is 0 Å². The molecule has 0 aromatic heterocycles. The van der Waals surface area contributed by atoms with Crippen LogP contribution in [0, 0.1) is 32.6 Å². The van der Waals surface area contributed by atoms with Crippen LogP contribution in [0.4, 0.5) is 0 Å². The second-order valence-electron chi connectivity index (χ2n) is 7.80. The van der Waals surface area contributed by atoms with E-state index < -0.39 is 0 Å². The first-order valence-corrected chi connectivity index (χ1v) is 10.0. The van der Waals surface area contributed by atoms with E-state index in [0.29, 0.717) is 11.8 Å². The molecule has 0 amide bonds. The number of benzene rings is 1. The summed E-state index contributed by atoms with van der Waals surface area (Å²) in [5, 5.41) is 0. The summed E-state index contributed by atoms with van der Waals surface area (Å²) >= 11 is 0. The molecule has 142 valence electrons. The van der Waals surface area contributed by atoms with Crippen molar-refractivity contribution < 1.29 is 0 Å². The standard InChI is InChI=1S/C26H38/c1-10-13-21(7)26(25-22(8)17-16-20(6)23(25)9)24(18(3)4)15-12-14-19(5)11-2/h10,12-19H,11H2,1-9H3/b13-10-,14-12-,24-15+,26-21+. The van der Waals surface area contributed by atoms with Crippen molar-refractivity contribution in [3.8, 4) is 0 Å². The Labute approximate surface area is 162 Å². The van der Waals surface area contributed by atoms with Gasteiger partial charge in [0.25, 0.3) is 0 Å². The summed E-state index contributed by atoms with van der Waals surface area (Å²) in [5.74, 6) is 1.08. The fraction of sp³-hybridized carbons (Fsp3) is 0.462. The molecule has 0 radical (unpaired) electrons. The van der Waals surface area contributed by atoms with Gasteiger partial charge in [0.05, 0.1) is 0 Å². The van der Waals surface area contributed by atoms with Crippen LogP contribution in [-0.4, -0.2) is 0 Å². The predicted octanol–water partition coefficient (Wildman–Crippen LogP) is 8.15. The van der Waals surface area contributed by atoms with Gasteiger partial charge in [-0.3, -0.25) is 0 Å². The van der Waals surface area contributed by atoms with Crippen LogP contribution in [0.15, 0.2) is 53.7 Å². The number of rotatable bonds is 7. The number of hydrogen-bond donors (Lipinski definition) is 0. The zero-order chi connectivity index (χ0) is 19.9. The van der Waals surface area contributed by atoms with Gasteiger partial charge in [0.15, 0.2) is 0 Å². The molecule has 0 saturated heterocycles. The Morgan fingerprint density at radius 2 is 1.65 bits per heavy atom. The lowest BCUT2D eigenvalue weighted by atomic mass is 9.82. The maximum Gasteiger partial charge on any atom is -0.0115 e. The van der Waals surface area contributed by atoms with Crippen molar-refractivity contribution in [1.82, 2.24) is 0 Å². The molecular weight excluding hydrogens is 312 g/mol.